The molecule has 4 aromatic carbocycles. The lowest BCUT2D eigenvalue weighted by Crippen LogP contribution is -2.26. The van der Waals surface area contributed by atoms with Crippen LogP contribution < -0.4 is 15.4 Å². The third-order valence-corrected chi connectivity index (χ3v) is 7.00. The zero-order valence-electron chi connectivity index (χ0n) is 19.0. The summed E-state index contributed by atoms with van der Waals surface area (Å²) in [6.07, 6.45) is 1.28. The van der Waals surface area contributed by atoms with Gasteiger partial charge in [0.05, 0.1) is 24.5 Å². The van der Waals surface area contributed by atoms with Crippen LogP contribution in [0.25, 0.3) is 10.8 Å². The first-order valence-electron chi connectivity index (χ1n) is 11.7. The fraction of sp³-hybridized carbons (Fsp3) is 0.167. The van der Waals surface area contributed by atoms with E-state index in [1.54, 1.807) is 7.11 Å². The maximum absolute atomic E-state index is 13.7. The Balaban J connectivity index is 1.45. The molecule has 4 nitrogen and oxygen atoms in total. The molecule has 1 heterocycles. The van der Waals surface area contributed by atoms with Crippen molar-refractivity contribution in [3.05, 3.63) is 113 Å². The number of benzene rings is 4. The van der Waals surface area contributed by atoms with E-state index < -0.39 is 0 Å². The minimum atomic E-state index is -0.208. The van der Waals surface area contributed by atoms with Crippen LogP contribution in [-0.4, -0.2) is 12.9 Å². The van der Waals surface area contributed by atoms with Crippen molar-refractivity contribution in [3.8, 4) is 5.75 Å². The molecule has 1 aliphatic carbocycles. The first-order chi connectivity index (χ1) is 16.7. The number of methoxy groups -OCH3 is 1. The molecule has 0 fully saturated rings. The summed E-state index contributed by atoms with van der Waals surface area (Å²) in [5.74, 6) is 1.15. The van der Waals surface area contributed by atoms with Gasteiger partial charge in [0.15, 0.2) is 5.78 Å². The van der Waals surface area contributed by atoms with E-state index >= 15 is 0 Å². The summed E-state index contributed by atoms with van der Waals surface area (Å²) >= 11 is 0. The monoisotopic (exact) mass is 446 g/mol. The Morgan fingerprint density at radius 2 is 1.47 bits per heavy atom. The number of Topliss-reactive ketones (excluding diaryl/α,β-unsaturated/α-hetero) is 1. The summed E-state index contributed by atoms with van der Waals surface area (Å²) in [5.41, 5.74) is 6.12. The average Bonchev–Trinajstić information content (AvgIpc) is 3.05. The summed E-state index contributed by atoms with van der Waals surface area (Å²) in [6.45, 7) is 0. The second kappa shape index (κ2) is 8.38. The molecule has 168 valence electrons. The number of carbonyl (C=O) groups is 1. The lowest BCUT2D eigenvalue weighted by molar-refractivity contribution is -0.116. The number of anilines is 2. The SMILES string of the molecule is COc1ccc([C@H]2CC(=O)C3=C(C2)Nc2ccccc2N[C@@H]3c2ccc3ccccc3c2)cc1. The summed E-state index contributed by atoms with van der Waals surface area (Å²) < 4.78 is 5.32. The van der Waals surface area contributed by atoms with Crippen molar-refractivity contribution in [2.24, 2.45) is 0 Å². The van der Waals surface area contributed by atoms with Gasteiger partial charge in [-0.25, -0.2) is 0 Å². The van der Waals surface area contributed by atoms with Crippen molar-refractivity contribution in [2.75, 3.05) is 17.7 Å². The van der Waals surface area contributed by atoms with Crippen molar-refractivity contribution in [1.82, 2.24) is 0 Å². The molecule has 0 saturated carbocycles. The number of para-hydroxylation sites is 2. The Morgan fingerprint density at radius 3 is 2.26 bits per heavy atom. The molecule has 0 saturated heterocycles. The molecule has 4 heteroatoms. The van der Waals surface area contributed by atoms with Crippen LogP contribution in [0.5, 0.6) is 5.75 Å². The molecule has 34 heavy (non-hydrogen) atoms. The number of hydrogen-bond acceptors (Lipinski definition) is 4. The van der Waals surface area contributed by atoms with Gasteiger partial charge < -0.3 is 15.4 Å². The molecule has 6 rings (SSSR count). The highest BCUT2D eigenvalue weighted by atomic mass is 16.5. The Hall–Kier alpha value is -4.05. The van der Waals surface area contributed by atoms with E-state index in [9.17, 15) is 4.79 Å². The molecule has 0 amide bonds. The minimum absolute atomic E-state index is 0.132. The number of hydrogen-bond donors (Lipinski definition) is 2. The molecule has 2 atom stereocenters. The van der Waals surface area contributed by atoms with Crippen LogP contribution in [0, 0.1) is 0 Å². The van der Waals surface area contributed by atoms with Crippen LogP contribution in [0.4, 0.5) is 11.4 Å². The van der Waals surface area contributed by atoms with Crippen LogP contribution in [0.3, 0.4) is 0 Å². The number of carbonyl (C=O) groups excluding carboxylic acids is 1. The standard InChI is InChI=1S/C30H26N2O2/c1-34-24-14-12-20(13-15-24)23-17-27-29(28(33)18-23)30(32-26-9-5-4-8-25(26)31-27)22-11-10-19-6-2-3-7-21(19)16-22/h2-16,23,30-32H,17-18H2,1H3/t23-,30-/m1/s1. The molecule has 1 aliphatic heterocycles. The molecular formula is C30H26N2O2. The van der Waals surface area contributed by atoms with Crippen LogP contribution in [-0.2, 0) is 4.79 Å². The third-order valence-electron chi connectivity index (χ3n) is 7.00. The summed E-state index contributed by atoms with van der Waals surface area (Å²) in [4.78, 5) is 13.7. The van der Waals surface area contributed by atoms with Gasteiger partial charge in [0.1, 0.15) is 5.75 Å². The van der Waals surface area contributed by atoms with Crippen molar-refractivity contribution >= 4 is 27.9 Å². The Bertz CT molecular complexity index is 1420. The molecule has 0 radical (unpaired) electrons. The molecular weight excluding hydrogens is 420 g/mol. The second-order valence-electron chi connectivity index (χ2n) is 9.05. The van der Waals surface area contributed by atoms with Gasteiger partial charge in [-0.15, -0.1) is 0 Å². The van der Waals surface area contributed by atoms with Crippen LogP contribution >= 0.6 is 0 Å². The van der Waals surface area contributed by atoms with Gasteiger partial charge >= 0.3 is 0 Å². The van der Waals surface area contributed by atoms with Gasteiger partial charge in [0.25, 0.3) is 0 Å². The second-order valence-corrected chi connectivity index (χ2v) is 9.05. The van der Waals surface area contributed by atoms with Crippen LogP contribution in [0.1, 0.15) is 35.9 Å². The smallest absolute Gasteiger partial charge is 0.163 e. The Kier molecular flexibility index (Phi) is 5.06. The first kappa shape index (κ1) is 20.5. The normalized spacial score (nSPS) is 19.5. The fourth-order valence-electron chi connectivity index (χ4n) is 5.24. The number of ketones is 1. The van der Waals surface area contributed by atoms with E-state index in [-0.39, 0.29) is 17.7 Å². The van der Waals surface area contributed by atoms with Crippen molar-refractivity contribution < 1.29 is 9.53 Å². The molecule has 0 bridgehead atoms. The minimum Gasteiger partial charge on any atom is -0.497 e. The quantitative estimate of drug-likeness (QED) is 0.362. The Morgan fingerprint density at radius 1 is 0.765 bits per heavy atom. The average molecular weight is 447 g/mol. The zero-order valence-corrected chi connectivity index (χ0v) is 19.0. The van der Waals surface area contributed by atoms with Gasteiger partial charge in [-0.2, -0.15) is 0 Å². The highest BCUT2D eigenvalue weighted by Crippen LogP contribution is 2.44. The lowest BCUT2D eigenvalue weighted by Gasteiger charge is -2.30. The molecule has 0 aromatic heterocycles. The van der Waals surface area contributed by atoms with Gasteiger partial charge in [0, 0.05) is 17.7 Å². The van der Waals surface area contributed by atoms with E-state index in [4.69, 9.17) is 4.74 Å². The van der Waals surface area contributed by atoms with E-state index in [0.717, 1.165) is 45.9 Å². The lowest BCUT2D eigenvalue weighted by atomic mass is 9.78. The summed E-state index contributed by atoms with van der Waals surface area (Å²) in [7, 11) is 1.67. The first-order valence-corrected chi connectivity index (χ1v) is 11.7. The largest absolute Gasteiger partial charge is 0.497 e. The highest BCUT2D eigenvalue weighted by Gasteiger charge is 2.36. The molecule has 2 aliphatic rings. The zero-order chi connectivity index (χ0) is 23.1. The maximum atomic E-state index is 13.7. The number of rotatable bonds is 3. The summed E-state index contributed by atoms with van der Waals surface area (Å²) in [5, 5.41) is 9.68. The van der Waals surface area contributed by atoms with Crippen molar-refractivity contribution in [3.63, 3.8) is 0 Å². The van der Waals surface area contributed by atoms with E-state index in [0.29, 0.717) is 6.42 Å². The van der Waals surface area contributed by atoms with Gasteiger partial charge in [0.2, 0.25) is 0 Å². The molecule has 2 N–H and O–H groups in total. The molecule has 0 unspecified atom stereocenters. The van der Waals surface area contributed by atoms with E-state index in [1.165, 1.54) is 10.8 Å². The number of allylic oxidation sites excluding steroid dienone is 1. The maximum Gasteiger partial charge on any atom is 0.163 e. The van der Waals surface area contributed by atoms with E-state index in [2.05, 4.69) is 77.4 Å². The number of nitrogens with one attached hydrogen (secondary N) is 2. The number of ether oxygens (including phenoxy) is 1. The van der Waals surface area contributed by atoms with Crippen LogP contribution in [0.2, 0.25) is 0 Å². The fourth-order valence-corrected chi connectivity index (χ4v) is 5.24. The predicted octanol–water partition coefficient (Wildman–Crippen LogP) is 6.83. The topological polar surface area (TPSA) is 50.4 Å². The van der Waals surface area contributed by atoms with Gasteiger partial charge in [-0.1, -0.05) is 60.7 Å². The van der Waals surface area contributed by atoms with Gasteiger partial charge in [-0.05, 0) is 64.6 Å². The number of fused-ring (bicyclic) bond motifs is 2. The van der Waals surface area contributed by atoms with Gasteiger partial charge in [-0.3, -0.25) is 4.79 Å². The highest BCUT2D eigenvalue weighted by molar-refractivity contribution is 6.01. The van der Waals surface area contributed by atoms with Crippen LogP contribution in [0.15, 0.2) is 102 Å². The van der Waals surface area contributed by atoms with Crippen molar-refractivity contribution in [1.29, 1.82) is 0 Å². The predicted molar refractivity (Wildman–Crippen MR) is 137 cm³/mol. The summed E-state index contributed by atoms with van der Waals surface area (Å²) in [6, 6.07) is 30.9. The van der Waals surface area contributed by atoms with Crippen molar-refractivity contribution in [2.45, 2.75) is 24.8 Å². The molecule has 0 spiro atoms. The third kappa shape index (κ3) is 3.61. The Labute approximate surface area is 199 Å². The van der Waals surface area contributed by atoms with E-state index in [1.807, 2.05) is 24.3 Å². The molecule has 4 aromatic rings.